The first-order chi connectivity index (χ1) is 17.7. The minimum absolute atomic E-state index is 0.0223. The molecule has 37 heavy (non-hydrogen) atoms. The predicted octanol–water partition coefficient (Wildman–Crippen LogP) is 3.94. The van der Waals surface area contributed by atoms with Crippen molar-refractivity contribution in [2.24, 2.45) is 4.99 Å². The fraction of sp³-hybridized carbons (Fsp3) is 0.208. The van der Waals surface area contributed by atoms with Crippen LogP contribution in [0.25, 0.3) is 0 Å². The van der Waals surface area contributed by atoms with Crippen LogP contribution in [0.1, 0.15) is 23.5 Å². The fourth-order valence-electron chi connectivity index (χ4n) is 3.59. The average molecular weight is 609 g/mol. The number of carbonyl (C=O) groups is 1. The Morgan fingerprint density at radius 3 is 2.62 bits per heavy atom. The lowest BCUT2D eigenvalue weighted by Crippen LogP contribution is -2.39. The second-order valence-electron chi connectivity index (χ2n) is 7.62. The van der Waals surface area contributed by atoms with Crippen LogP contribution >= 0.6 is 27.3 Å². The molecule has 0 radical (unpaired) electrons. The van der Waals surface area contributed by atoms with E-state index in [9.17, 15) is 17.6 Å². The van der Waals surface area contributed by atoms with E-state index in [1.807, 2.05) is 0 Å². The van der Waals surface area contributed by atoms with Crippen molar-refractivity contribution >= 4 is 49.1 Å². The molecule has 0 saturated heterocycles. The number of thiazole rings is 1. The first-order valence-corrected chi connectivity index (χ1v) is 14.1. The van der Waals surface area contributed by atoms with E-state index in [1.54, 1.807) is 18.5 Å². The molecule has 2 aromatic carbocycles. The van der Waals surface area contributed by atoms with Crippen molar-refractivity contribution in [2.45, 2.75) is 17.9 Å². The Hall–Kier alpha value is -3.13. The highest BCUT2D eigenvalue weighted by molar-refractivity contribution is 9.10. The van der Waals surface area contributed by atoms with E-state index >= 15 is 0 Å². The summed E-state index contributed by atoms with van der Waals surface area (Å²) < 4.78 is 53.2. The van der Waals surface area contributed by atoms with Crippen LogP contribution in [0.2, 0.25) is 0 Å². The van der Waals surface area contributed by atoms with Crippen LogP contribution in [0.3, 0.4) is 0 Å². The number of rotatable bonds is 9. The van der Waals surface area contributed by atoms with Gasteiger partial charge in [-0.25, -0.2) is 27.3 Å². The van der Waals surface area contributed by atoms with Gasteiger partial charge in [0.15, 0.2) is 10.8 Å². The first-order valence-electron chi connectivity index (χ1n) is 11.0. The first kappa shape index (κ1) is 26.9. The van der Waals surface area contributed by atoms with Crippen LogP contribution in [0.5, 0.6) is 5.75 Å². The van der Waals surface area contributed by atoms with Gasteiger partial charge in [-0.2, -0.15) is 0 Å². The molecule has 0 amide bonds. The van der Waals surface area contributed by atoms with E-state index in [0.29, 0.717) is 26.6 Å². The minimum atomic E-state index is -3.96. The zero-order valence-electron chi connectivity index (χ0n) is 19.7. The number of nitrogens with one attached hydrogen (secondary N) is 2. The number of halogens is 2. The third-order valence-corrected chi connectivity index (χ3v) is 8.21. The van der Waals surface area contributed by atoms with Gasteiger partial charge < -0.3 is 14.8 Å². The van der Waals surface area contributed by atoms with Crippen LogP contribution in [0.4, 0.5) is 4.39 Å². The summed E-state index contributed by atoms with van der Waals surface area (Å²) in [4.78, 5) is 22.1. The molecule has 1 aliphatic heterocycles. The molecular formula is C24H22BrFN4O5S2. The normalized spacial score (nSPS) is 15.7. The van der Waals surface area contributed by atoms with Crippen molar-refractivity contribution in [3.63, 3.8) is 0 Å². The van der Waals surface area contributed by atoms with Gasteiger partial charge in [-0.1, -0.05) is 22.0 Å². The van der Waals surface area contributed by atoms with Crippen molar-refractivity contribution in [1.29, 1.82) is 0 Å². The molecule has 1 aromatic heterocycles. The Bertz CT molecular complexity index is 1460. The van der Waals surface area contributed by atoms with Crippen molar-refractivity contribution in [1.82, 2.24) is 15.0 Å². The molecule has 3 aromatic rings. The topological polar surface area (TPSA) is 119 Å². The molecule has 194 valence electrons. The second-order valence-corrected chi connectivity index (χ2v) is 11.1. The molecule has 0 spiro atoms. The van der Waals surface area contributed by atoms with Crippen LogP contribution in [-0.2, 0) is 19.6 Å². The van der Waals surface area contributed by atoms with Crippen molar-refractivity contribution < 1.29 is 27.1 Å². The van der Waals surface area contributed by atoms with E-state index in [0.717, 1.165) is 0 Å². The van der Waals surface area contributed by atoms with Gasteiger partial charge in [0.05, 0.1) is 30.7 Å². The van der Waals surface area contributed by atoms with Crippen molar-refractivity contribution in [3.8, 4) is 5.75 Å². The molecule has 0 aliphatic carbocycles. The molecule has 2 N–H and O–H groups in total. The van der Waals surface area contributed by atoms with Gasteiger partial charge in [-0.3, -0.25) is 4.99 Å². The van der Waals surface area contributed by atoms with Gasteiger partial charge in [0.25, 0.3) is 0 Å². The standard InChI is InChI=1S/C24H22BrFN4O5S2/c1-3-35-24(31)20-19(13-28-37(32,33)16-7-5-15(34-2)6-8-16)29-22(23-27-10-11-36-23)30-21(20)17-9-4-14(26)12-18(17)25/h4-12,21,28H,3,13H2,1-2H3,(H,29,30). The highest BCUT2D eigenvalue weighted by atomic mass is 79.9. The van der Waals surface area contributed by atoms with Gasteiger partial charge >= 0.3 is 5.97 Å². The summed E-state index contributed by atoms with van der Waals surface area (Å²) in [5.74, 6) is -0.306. The summed E-state index contributed by atoms with van der Waals surface area (Å²) in [7, 11) is -2.47. The summed E-state index contributed by atoms with van der Waals surface area (Å²) in [5, 5.41) is 5.35. The number of ether oxygens (including phenoxy) is 2. The lowest BCUT2D eigenvalue weighted by molar-refractivity contribution is -0.139. The van der Waals surface area contributed by atoms with Gasteiger partial charge in [0.2, 0.25) is 10.0 Å². The molecule has 9 nitrogen and oxygen atoms in total. The summed E-state index contributed by atoms with van der Waals surface area (Å²) in [6.07, 6.45) is 1.60. The molecule has 0 saturated carbocycles. The smallest absolute Gasteiger partial charge is 0.338 e. The Morgan fingerprint density at radius 2 is 2.00 bits per heavy atom. The largest absolute Gasteiger partial charge is 0.497 e. The highest BCUT2D eigenvalue weighted by Gasteiger charge is 2.34. The van der Waals surface area contributed by atoms with E-state index in [4.69, 9.17) is 14.5 Å². The number of carbonyl (C=O) groups excluding carboxylic acids is 1. The highest BCUT2D eigenvalue weighted by Crippen LogP contribution is 2.36. The van der Waals surface area contributed by atoms with Crippen LogP contribution in [-0.4, -0.2) is 45.5 Å². The number of benzene rings is 2. The molecular weight excluding hydrogens is 587 g/mol. The summed E-state index contributed by atoms with van der Waals surface area (Å²) in [5.41, 5.74) is 0.819. The number of amidine groups is 1. The van der Waals surface area contributed by atoms with Gasteiger partial charge in [0, 0.05) is 21.7 Å². The Balaban J connectivity index is 1.77. The van der Waals surface area contributed by atoms with E-state index < -0.39 is 27.9 Å². The van der Waals surface area contributed by atoms with E-state index in [1.165, 1.54) is 60.9 Å². The third kappa shape index (κ3) is 6.06. The van der Waals surface area contributed by atoms with Crippen LogP contribution in [0.15, 0.2) is 79.7 Å². The Kier molecular flexibility index (Phi) is 8.37. The monoisotopic (exact) mass is 608 g/mol. The number of aromatic nitrogens is 1. The number of nitrogens with zero attached hydrogens (tertiary/aromatic N) is 2. The molecule has 1 aliphatic rings. The number of methoxy groups -OCH3 is 1. The maximum atomic E-state index is 13.9. The number of sulfonamides is 1. The van der Waals surface area contributed by atoms with Crippen LogP contribution < -0.4 is 14.8 Å². The lowest BCUT2D eigenvalue weighted by atomic mass is 9.95. The van der Waals surface area contributed by atoms with Crippen molar-refractivity contribution in [3.05, 3.63) is 86.2 Å². The molecule has 4 rings (SSSR count). The second kappa shape index (κ2) is 11.5. The van der Waals surface area contributed by atoms with Gasteiger partial charge in [-0.15, -0.1) is 11.3 Å². The number of esters is 1. The lowest BCUT2D eigenvalue weighted by Gasteiger charge is -2.27. The van der Waals surface area contributed by atoms with E-state index in [-0.39, 0.29) is 29.3 Å². The molecule has 2 heterocycles. The fourth-order valence-corrected chi connectivity index (χ4v) is 5.74. The quantitative estimate of drug-likeness (QED) is 0.353. The summed E-state index contributed by atoms with van der Waals surface area (Å²) >= 11 is 4.67. The minimum Gasteiger partial charge on any atom is -0.497 e. The SMILES string of the molecule is CCOC(=O)C1=C(CNS(=O)(=O)c2ccc(OC)cc2)NC(c2nccs2)=NC1c1ccc(F)cc1Br. The number of hydrogen-bond donors (Lipinski definition) is 2. The molecule has 13 heteroatoms. The average Bonchev–Trinajstić information content (AvgIpc) is 3.42. The molecule has 1 unspecified atom stereocenters. The van der Waals surface area contributed by atoms with E-state index in [2.05, 4.69) is 31.0 Å². The Labute approximate surface area is 225 Å². The molecule has 0 bridgehead atoms. The maximum Gasteiger partial charge on any atom is 0.338 e. The van der Waals surface area contributed by atoms with Gasteiger partial charge in [0.1, 0.15) is 17.6 Å². The maximum absolute atomic E-state index is 13.9. The number of aliphatic imine (C=N–C) groups is 1. The van der Waals surface area contributed by atoms with Crippen LogP contribution in [0, 0.1) is 5.82 Å². The van der Waals surface area contributed by atoms with Crippen molar-refractivity contribution in [2.75, 3.05) is 20.3 Å². The van der Waals surface area contributed by atoms with Gasteiger partial charge in [-0.05, 0) is 48.9 Å². The molecule has 0 fully saturated rings. The number of hydrogen-bond acceptors (Lipinski definition) is 9. The zero-order valence-corrected chi connectivity index (χ0v) is 22.9. The zero-order chi connectivity index (χ0) is 26.6. The third-order valence-electron chi connectivity index (χ3n) is 5.32. The molecule has 1 atom stereocenters. The predicted molar refractivity (Wildman–Crippen MR) is 140 cm³/mol. The summed E-state index contributed by atoms with van der Waals surface area (Å²) in [6, 6.07) is 9.01. The summed E-state index contributed by atoms with van der Waals surface area (Å²) in [6.45, 7) is 1.48. The Morgan fingerprint density at radius 1 is 1.24 bits per heavy atom.